The summed E-state index contributed by atoms with van der Waals surface area (Å²) >= 11 is 0. The number of benzene rings is 3. The van der Waals surface area contributed by atoms with E-state index < -0.39 is 18.0 Å². The third-order valence-electron chi connectivity index (χ3n) is 5.32. The summed E-state index contributed by atoms with van der Waals surface area (Å²) in [7, 11) is 0. The molecule has 0 radical (unpaired) electrons. The Morgan fingerprint density at radius 1 is 0.912 bits per heavy atom. The maximum Gasteiger partial charge on any atom is 0.573 e. The number of aliphatic hydroxyl groups is 1. The second kappa shape index (κ2) is 9.82. The second-order valence-corrected chi connectivity index (χ2v) is 7.76. The summed E-state index contributed by atoms with van der Waals surface area (Å²) in [4.78, 5) is 17.8. The number of amides is 1. The van der Waals surface area contributed by atoms with E-state index in [-0.39, 0.29) is 29.4 Å². The van der Waals surface area contributed by atoms with E-state index in [0.29, 0.717) is 17.8 Å². The molecule has 0 spiro atoms. The van der Waals surface area contributed by atoms with Crippen molar-refractivity contribution in [1.29, 1.82) is 0 Å². The molecule has 0 heterocycles. The number of rotatable bonds is 5. The molecule has 0 aliphatic heterocycles. The van der Waals surface area contributed by atoms with Gasteiger partial charge in [0.1, 0.15) is 11.5 Å². The van der Waals surface area contributed by atoms with Gasteiger partial charge in [0, 0.05) is 12.1 Å². The van der Waals surface area contributed by atoms with E-state index in [0.717, 1.165) is 17.7 Å². The molecule has 1 aliphatic carbocycles. The number of nitrogens with one attached hydrogen (secondary N) is 1. The highest BCUT2D eigenvalue weighted by molar-refractivity contribution is 6.26. The summed E-state index contributed by atoms with van der Waals surface area (Å²) in [5, 5.41) is 13.5. The van der Waals surface area contributed by atoms with Crippen LogP contribution in [-0.4, -0.2) is 23.1 Å². The molecule has 3 aromatic carbocycles. The Labute approximate surface area is 194 Å². The maximum atomic E-state index is 13.1. The van der Waals surface area contributed by atoms with Crippen LogP contribution in [0.5, 0.6) is 5.75 Å². The van der Waals surface area contributed by atoms with E-state index in [1.54, 1.807) is 12.1 Å². The minimum Gasteiger partial charge on any atom is -0.511 e. The molecule has 3 aromatic rings. The van der Waals surface area contributed by atoms with Crippen molar-refractivity contribution in [3.8, 4) is 5.75 Å². The number of hydrogen-bond acceptors (Lipinski definition) is 4. The standard InChI is InChI=1S/C26H21F3N2O3/c27-26(28,29)34-21-13-11-20(12-14-21)31-25(33)24-22(30-19-9-5-2-6-10-19)15-18(16-23(24)32)17-7-3-1-4-8-17/h1-14,18,32H,15-16H2,(H,31,33)/t18-/m1/s1. The van der Waals surface area contributed by atoms with Crippen LogP contribution in [0.2, 0.25) is 0 Å². The topological polar surface area (TPSA) is 70.9 Å². The van der Waals surface area contributed by atoms with Crippen molar-refractivity contribution in [2.24, 2.45) is 4.99 Å². The van der Waals surface area contributed by atoms with Crippen LogP contribution in [-0.2, 0) is 4.79 Å². The smallest absolute Gasteiger partial charge is 0.511 e. The average molecular weight is 466 g/mol. The summed E-state index contributed by atoms with van der Waals surface area (Å²) in [5.74, 6) is -1.14. The number of hydrogen-bond donors (Lipinski definition) is 2. The van der Waals surface area contributed by atoms with Gasteiger partial charge in [-0.2, -0.15) is 0 Å². The van der Waals surface area contributed by atoms with Gasteiger partial charge in [0.25, 0.3) is 5.91 Å². The number of nitrogens with zero attached hydrogens (tertiary/aromatic N) is 1. The van der Waals surface area contributed by atoms with Gasteiger partial charge >= 0.3 is 6.36 Å². The van der Waals surface area contributed by atoms with Gasteiger partial charge in [-0.15, -0.1) is 13.2 Å². The molecule has 1 aliphatic rings. The van der Waals surface area contributed by atoms with Crippen molar-refractivity contribution in [3.05, 3.63) is 102 Å². The number of allylic oxidation sites excluding steroid dienone is 1. The van der Waals surface area contributed by atoms with Gasteiger partial charge in [0.15, 0.2) is 0 Å². The lowest BCUT2D eigenvalue weighted by Gasteiger charge is -2.26. The molecule has 0 saturated carbocycles. The lowest BCUT2D eigenvalue weighted by molar-refractivity contribution is -0.274. The van der Waals surface area contributed by atoms with Crippen molar-refractivity contribution >= 4 is 23.0 Å². The van der Waals surface area contributed by atoms with Crippen molar-refractivity contribution in [3.63, 3.8) is 0 Å². The zero-order valence-electron chi connectivity index (χ0n) is 17.9. The van der Waals surface area contributed by atoms with Crippen LogP contribution < -0.4 is 10.1 Å². The van der Waals surface area contributed by atoms with Crippen LogP contribution in [0.3, 0.4) is 0 Å². The van der Waals surface area contributed by atoms with Crippen LogP contribution in [0, 0.1) is 0 Å². The van der Waals surface area contributed by atoms with Crippen LogP contribution >= 0.6 is 0 Å². The molecule has 5 nitrogen and oxygen atoms in total. The van der Waals surface area contributed by atoms with E-state index in [2.05, 4.69) is 15.0 Å². The monoisotopic (exact) mass is 466 g/mol. The maximum absolute atomic E-state index is 13.1. The number of carbonyl (C=O) groups excluding carboxylic acids is 1. The first kappa shape index (κ1) is 23.1. The Hall–Kier alpha value is -4.07. The number of halogens is 3. The normalized spacial score (nSPS) is 17.5. The molecule has 0 unspecified atom stereocenters. The first-order chi connectivity index (χ1) is 16.3. The summed E-state index contributed by atoms with van der Waals surface area (Å²) in [6, 6.07) is 23.5. The van der Waals surface area contributed by atoms with E-state index >= 15 is 0 Å². The molecule has 0 fully saturated rings. The SMILES string of the molecule is O=C(Nc1ccc(OC(F)(F)F)cc1)C1=C(O)C[C@H](c2ccccc2)CC1=Nc1ccccc1. The number of carbonyl (C=O) groups is 1. The van der Waals surface area contributed by atoms with E-state index in [4.69, 9.17) is 0 Å². The Bertz CT molecular complexity index is 1210. The number of para-hydroxylation sites is 1. The average Bonchev–Trinajstić information content (AvgIpc) is 2.80. The van der Waals surface area contributed by atoms with Gasteiger partial charge in [-0.1, -0.05) is 48.5 Å². The molecule has 0 saturated heterocycles. The van der Waals surface area contributed by atoms with Crippen LogP contribution in [0.15, 0.2) is 101 Å². The first-order valence-electron chi connectivity index (χ1n) is 10.6. The molecular formula is C26H21F3N2O3. The largest absolute Gasteiger partial charge is 0.573 e. The summed E-state index contributed by atoms with van der Waals surface area (Å²) in [5.41, 5.74) is 2.40. The second-order valence-electron chi connectivity index (χ2n) is 7.76. The highest BCUT2D eigenvalue weighted by Crippen LogP contribution is 2.35. The van der Waals surface area contributed by atoms with Gasteiger partial charge in [0.2, 0.25) is 0 Å². The Balaban J connectivity index is 1.62. The van der Waals surface area contributed by atoms with Crippen molar-refractivity contribution in [2.45, 2.75) is 25.1 Å². The van der Waals surface area contributed by atoms with Gasteiger partial charge in [-0.05, 0) is 54.3 Å². The van der Waals surface area contributed by atoms with Gasteiger partial charge < -0.3 is 15.2 Å². The molecule has 0 bridgehead atoms. The Morgan fingerprint density at radius 3 is 2.15 bits per heavy atom. The lowest BCUT2D eigenvalue weighted by Crippen LogP contribution is -2.28. The molecule has 0 aromatic heterocycles. The Morgan fingerprint density at radius 2 is 1.53 bits per heavy atom. The predicted octanol–water partition coefficient (Wildman–Crippen LogP) is 6.69. The molecule has 8 heteroatoms. The number of alkyl halides is 3. The van der Waals surface area contributed by atoms with E-state index in [9.17, 15) is 23.1 Å². The number of ether oxygens (including phenoxy) is 1. The summed E-state index contributed by atoms with van der Waals surface area (Å²) in [6.07, 6.45) is -4.11. The minimum atomic E-state index is -4.80. The van der Waals surface area contributed by atoms with Gasteiger partial charge in [0.05, 0.1) is 17.0 Å². The molecular weight excluding hydrogens is 445 g/mol. The number of aliphatic hydroxyl groups excluding tert-OH is 1. The van der Waals surface area contributed by atoms with Crippen molar-refractivity contribution in [1.82, 2.24) is 0 Å². The van der Waals surface area contributed by atoms with Crippen molar-refractivity contribution < 1.29 is 27.8 Å². The third-order valence-corrected chi connectivity index (χ3v) is 5.32. The first-order valence-corrected chi connectivity index (χ1v) is 10.6. The molecule has 2 N–H and O–H groups in total. The van der Waals surface area contributed by atoms with E-state index in [1.165, 1.54) is 12.1 Å². The summed E-state index contributed by atoms with van der Waals surface area (Å²) < 4.78 is 41.0. The molecule has 1 amide bonds. The highest BCUT2D eigenvalue weighted by atomic mass is 19.4. The summed E-state index contributed by atoms with van der Waals surface area (Å²) in [6.45, 7) is 0. The van der Waals surface area contributed by atoms with Gasteiger partial charge in [-0.25, -0.2) is 0 Å². The Kier molecular flexibility index (Phi) is 6.67. The zero-order chi connectivity index (χ0) is 24.1. The molecule has 4 rings (SSSR count). The fraction of sp³-hybridized carbons (Fsp3) is 0.154. The van der Waals surface area contributed by atoms with Crippen LogP contribution in [0.25, 0.3) is 0 Å². The van der Waals surface area contributed by atoms with Crippen LogP contribution in [0.1, 0.15) is 24.3 Å². The lowest BCUT2D eigenvalue weighted by atomic mass is 9.82. The molecule has 174 valence electrons. The number of aliphatic imine (C=N–C) groups is 1. The van der Waals surface area contributed by atoms with Gasteiger partial charge in [-0.3, -0.25) is 9.79 Å². The quantitative estimate of drug-likeness (QED) is 0.440. The molecule has 1 atom stereocenters. The number of anilines is 1. The zero-order valence-corrected chi connectivity index (χ0v) is 17.9. The van der Waals surface area contributed by atoms with Crippen molar-refractivity contribution in [2.75, 3.05) is 5.32 Å². The highest BCUT2D eigenvalue weighted by Gasteiger charge is 2.32. The predicted molar refractivity (Wildman–Crippen MR) is 123 cm³/mol. The third kappa shape index (κ3) is 5.83. The fourth-order valence-corrected chi connectivity index (χ4v) is 3.83. The fourth-order valence-electron chi connectivity index (χ4n) is 3.83. The van der Waals surface area contributed by atoms with Crippen LogP contribution in [0.4, 0.5) is 24.5 Å². The minimum absolute atomic E-state index is 0.0565. The van der Waals surface area contributed by atoms with E-state index in [1.807, 2.05) is 48.5 Å². The molecule has 34 heavy (non-hydrogen) atoms.